The SMILES string of the molecule is CC.CCC.Cc1ccc(-c2ccc(P)cc2)cc1. The average Bonchev–Trinajstić information content (AvgIpc) is 2.44. The van der Waals surface area contributed by atoms with E-state index in [4.69, 9.17) is 0 Å². The Hall–Kier alpha value is -1.13. The Morgan fingerprint density at radius 2 is 1.05 bits per heavy atom. The molecular formula is C18H27P. The second-order valence-corrected chi connectivity index (χ2v) is 4.86. The van der Waals surface area contributed by atoms with Gasteiger partial charge in [0.05, 0.1) is 0 Å². The topological polar surface area (TPSA) is 0 Å². The van der Waals surface area contributed by atoms with Crippen LogP contribution in [0.5, 0.6) is 0 Å². The largest absolute Gasteiger partial charge is 0.106 e. The van der Waals surface area contributed by atoms with Gasteiger partial charge < -0.3 is 0 Å². The molecule has 0 nitrogen and oxygen atoms in total. The molecule has 0 N–H and O–H groups in total. The molecule has 0 aliphatic heterocycles. The third-order valence-electron chi connectivity index (χ3n) is 2.30. The molecular weight excluding hydrogens is 247 g/mol. The van der Waals surface area contributed by atoms with E-state index in [1.54, 1.807) is 0 Å². The van der Waals surface area contributed by atoms with Gasteiger partial charge in [-0.15, -0.1) is 9.24 Å². The Balaban J connectivity index is 0.000000573. The fourth-order valence-electron chi connectivity index (χ4n) is 1.42. The summed E-state index contributed by atoms with van der Waals surface area (Å²) >= 11 is 0. The van der Waals surface area contributed by atoms with Crippen molar-refractivity contribution in [3.63, 3.8) is 0 Å². The van der Waals surface area contributed by atoms with E-state index in [0.717, 1.165) is 0 Å². The molecule has 2 aromatic carbocycles. The third kappa shape index (κ3) is 7.13. The molecule has 0 radical (unpaired) electrons. The van der Waals surface area contributed by atoms with Gasteiger partial charge in [0.15, 0.2) is 0 Å². The van der Waals surface area contributed by atoms with Gasteiger partial charge in [-0.25, -0.2) is 0 Å². The summed E-state index contributed by atoms with van der Waals surface area (Å²) in [4.78, 5) is 0. The van der Waals surface area contributed by atoms with E-state index in [1.165, 1.54) is 28.4 Å². The monoisotopic (exact) mass is 274 g/mol. The van der Waals surface area contributed by atoms with Gasteiger partial charge in [0.1, 0.15) is 0 Å². The number of rotatable bonds is 1. The minimum absolute atomic E-state index is 1.22. The smallest absolute Gasteiger partial charge is 0.0184 e. The van der Waals surface area contributed by atoms with E-state index in [9.17, 15) is 0 Å². The molecule has 0 saturated carbocycles. The predicted octanol–water partition coefficient (Wildman–Crippen LogP) is 5.60. The van der Waals surface area contributed by atoms with E-state index < -0.39 is 0 Å². The van der Waals surface area contributed by atoms with Crippen LogP contribution < -0.4 is 5.30 Å². The highest BCUT2D eigenvalue weighted by molar-refractivity contribution is 7.27. The molecule has 0 saturated heterocycles. The molecule has 0 amide bonds. The van der Waals surface area contributed by atoms with Crippen molar-refractivity contribution in [2.24, 2.45) is 0 Å². The van der Waals surface area contributed by atoms with Crippen molar-refractivity contribution in [1.82, 2.24) is 0 Å². The highest BCUT2D eigenvalue weighted by atomic mass is 31.0. The van der Waals surface area contributed by atoms with Crippen LogP contribution in [0.4, 0.5) is 0 Å². The highest BCUT2D eigenvalue weighted by Crippen LogP contribution is 2.18. The lowest BCUT2D eigenvalue weighted by Gasteiger charge is -2.02. The van der Waals surface area contributed by atoms with Crippen LogP contribution in [-0.4, -0.2) is 0 Å². The normalized spacial score (nSPS) is 8.74. The molecule has 19 heavy (non-hydrogen) atoms. The summed E-state index contributed by atoms with van der Waals surface area (Å²) in [6, 6.07) is 17.1. The zero-order chi connectivity index (χ0) is 14.7. The minimum atomic E-state index is 1.22. The molecule has 0 aliphatic rings. The fraction of sp³-hybridized carbons (Fsp3) is 0.333. The Bertz CT molecular complexity index is 383. The molecule has 2 aromatic rings. The molecule has 0 aliphatic carbocycles. The summed E-state index contributed by atoms with van der Waals surface area (Å²) in [6.07, 6.45) is 1.25. The zero-order valence-corrected chi connectivity index (χ0v) is 14.1. The zero-order valence-electron chi connectivity index (χ0n) is 12.9. The summed E-state index contributed by atoms with van der Waals surface area (Å²) in [5, 5.41) is 1.22. The van der Waals surface area contributed by atoms with E-state index in [0.29, 0.717) is 0 Å². The molecule has 0 aromatic heterocycles. The summed E-state index contributed by atoms with van der Waals surface area (Å²) in [5.41, 5.74) is 3.85. The predicted molar refractivity (Wildman–Crippen MR) is 93.3 cm³/mol. The second kappa shape index (κ2) is 10.8. The first kappa shape index (κ1) is 17.9. The van der Waals surface area contributed by atoms with Crippen LogP contribution in [0.1, 0.15) is 39.7 Å². The van der Waals surface area contributed by atoms with Gasteiger partial charge in [-0.3, -0.25) is 0 Å². The second-order valence-electron chi connectivity index (χ2n) is 4.20. The average molecular weight is 274 g/mol. The van der Waals surface area contributed by atoms with Crippen LogP contribution >= 0.6 is 9.24 Å². The van der Waals surface area contributed by atoms with Crippen molar-refractivity contribution in [1.29, 1.82) is 0 Å². The van der Waals surface area contributed by atoms with Gasteiger partial charge in [0.2, 0.25) is 0 Å². The van der Waals surface area contributed by atoms with Gasteiger partial charge in [0, 0.05) is 0 Å². The molecule has 1 heteroatoms. The molecule has 0 fully saturated rings. The summed E-state index contributed by atoms with van der Waals surface area (Å²) in [6.45, 7) is 10.4. The minimum Gasteiger partial charge on any atom is -0.106 e. The van der Waals surface area contributed by atoms with E-state index >= 15 is 0 Å². The standard InChI is InChI=1S/C13H13P.C3H8.C2H6/c1-10-2-4-11(5-3-10)12-6-8-13(14)9-7-12;1-3-2;1-2/h2-9H,14H2,1H3;3H2,1-2H3;1-2H3. The lowest BCUT2D eigenvalue weighted by Crippen LogP contribution is -1.87. The van der Waals surface area contributed by atoms with Crippen molar-refractivity contribution in [2.45, 2.75) is 41.0 Å². The Morgan fingerprint density at radius 3 is 1.42 bits per heavy atom. The Labute approximate surface area is 121 Å². The Morgan fingerprint density at radius 1 is 0.737 bits per heavy atom. The lowest BCUT2D eigenvalue weighted by molar-refractivity contribution is 1.09. The van der Waals surface area contributed by atoms with Crippen molar-refractivity contribution < 1.29 is 0 Å². The lowest BCUT2D eigenvalue weighted by atomic mass is 10.0. The quantitative estimate of drug-likeness (QED) is 0.593. The molecule has 0 bridgehead atoms. The van der Waals surface area contributed by atoms with Gasteiger partial charge in [-0.1, -0.05) is 88.2 Å². The summed E-state index contributed by atoms with van der Waals surface area (Å²) in [7, 11) is 2.70. The number of benzene rings is 2. The van der Waals surface area contributed by atoms with Gasteiger partial charge >= 0.3 is 0 Å². The summed E-state index contributed by atoms with van der Waals surface area (Å²) < 4.78 is 0. The van der Waals surface area contributed by atoms with Gasteiger partial charge in [0.25, 0.3) is 0 Å². The van der Waals surface area contributed by atoms with Crippen LogP contribution in [0, 0.1) is 6.92 Å². The van der Waals surface area contributed by atoms with Gasteiger partial charge in [-0.05, 0) is 23.4 Å². The molecule has 2 rings (SSSR count). The van der Waals surface area contributed by atoms with Crippen molar-refractivity contribution >= 4 is 14.5 Å². The van der Waals surface area contributed by atoms with Crippen molar-refractivity contribution in [2.75, 3.05) is 0 Å². The van der Waals surface area contributed by atoms with Crippen LogP contribution in [0.2, 0.25) is 0 Å². The fourth-order valence-corrected chi connectivity index (χ4v) is 1.61. The molecule has 1 atom stereocenters. The van der Waals surface area contributed by atoms with Crippen molar-refractivity contribution in [3.8, 4) is 11.1 Å². The maximum atomic E-state index is 2.70. The maximum Gasteiger partial charge on any atom is -0.0184 e. The Kier molecular flexibility index (Phi) is 10.1. The molecule has 1 unspecified atom stereocenters. The van der Waals surface area contributed by atoms with Crippen LogP contribution in [0.25, 0.3) is 11.1 Å². The van der Waals surface area contributed by atoms with E-state index in [2.05, 4.69) is 78.5 Å². The van der Waals surface area contributed by atoms with E-state index in [1.807, 2.05) is 13.8 Å². The third-order valence-corrected chi connectivity index (χ3v) is 2.68. The van der Waals surface area contributed by atoms with Crippen molar-refractivity contribution in [3.05, 3.63) is 54.1 Å². The molecule has 104 valence electrons. The summed E-state index contributed by atoms with van der Waals surface area (Å²) in [5.74, 6) is 0. The van der Waals surface area contributed by atoms with Crippen LogP contribution in [-0.2, 0) is 0 Å². The number of aryl methyl sites for hydroxylation is 1. The molecule has 0 heterocycles. The first-order valence-corrected chi connectivity index (χ1v) is 7.67. The first-order chi connectivity index (χ1) is 9.17. The molecule has 0 spiro atoms. The van der Waals surface area contributed by atoms with E-state index in [-0.39, 0.29) is 0 Å². The number of hydrogen-bond acceptors (Lipinski definition) is 0. The van der Waals surface area contributed by atoms with Crippen LogP contribution in [0.15, 0.2) is 48.5 Å². The first-order valence-electron chi connectivity index (χ1n) is 7.10. The maximum absolute atomic E-state index is 2.70. The van der Waals surface area contributed by atoms with Gasteiger partial charge in [-0.2, -0.15) is 0 Å². The highest BCUT2D eigenvalue weighted by Gasteiger charge is 1.95. The van der Waals surface area contributed by atoms with Crippen LogP contribution in [0.3, 0.4) is 0 Å². The number of hydrogen-bond donors (Lipinski definition) is 0.